The number of carbonyl (C=O) groups is 1. The van der Waals surface area contributed by atoms with E-state index < -0.39 is 5.60 Å². The molecule has 0 unspecified atom stereocenters. The number of aromatic nitrogens is 2. The van der Waals surface area contributed by atoms with Gasteiger partial charge in [-0.15, -0.1) is 11.3 Å². The van der Waals surface area contributed by atoms with Gasteiger partial charge in [0.2, 0.25) is 0 Å². The quantitative estimate of drug-likeness (QED) is 0.650. The lowest BCUT2D eigenvalue weighted by molar-refractivity contribution is 0.0204. The predicted octanol–water partition coefficient (Wildman–Crippen LogP) is 5.74. The normalized spacial score (nSPS) is 15.4. The first-order valence-corrected chi connectivity index (χ1v) is 11.3. The van der Waals surface area contributed by atoms with Crippen molar-refractivity contribution in [1.82, 2.24) is 14.9 Å². The molecule has 1 aliphatic heterocycles. The third-order valence-corrected chi connectivity index (χ3v) is 5.87. The lowest BCUT2D eigenvalue weighted by atomic mass is 9.93. The van der Waals surface area contributed by atoms with Gasteiger partial charge in [0.15, 0.2) is 5.13 Å². The van der Waals surface area contributed by atoms with E-state index in [1.165, 1.54) is 17.7 Å². The van der Waals surface area contributed by atoms with Gasteiger partial charge in [-0.3, -0.25) is 0 Å². The van der Waals surface area contributed by atoms with Gasteiger partial charge in [-0.1, -0.05) is 19.4 Å². The number of piperidine rings is 1. The highest BCUT2D eigenvalue weighted by molar-refractivity contribution is 7.15. The average molecular weight is 417 g/mol. The summed E-state index contributed by atoms with van der Waals surface area (Å²) in [6.07, 6.45) is 7.00. The molecule has 0 saturated carbocycles. The molecule has 1 N–H and O–H groups in total. The highest BCUT2D eigenvalue weighted by Gasteiger charge is 2.28. The number of ether oxygens (including phenoxy) is 1. The Morgan fingerprint density at radius 3 is 2.76 bits per heavy atom. The van der Waals surface area contributed by atoms with E-state index in [9.17, 15) is 4.79 Å². The third-order valence-electron chi connectivity index (χ3n) is 4.90. The minimum absolute atomic E-state index is 0.220. The second-order valence-corrected chi connectivity index (χ2v) is 9.66. The maximum atomic E-state index is 12.3. The van der Waals surface area contributed by atoms with Crippen LogP contribution >= 0.6 is 11.3 Å². The van der Waals surface area contributed by atoms with Crippen molar-refractivity contribution >= 4 is 28.4 Å². The maximum absolute atomic E-state index is 12.3. The highest BCUT2D eigenvalue weighted by Crippen LogP contribution is 2.29. The summed E-state index contributed by atoms with van der Waals surface area (Å²) in [4.78, 5) is 24.7. The van der Waals surface area contributed by atoms with Crippen LogP contribution in [0.15, 0.2) is 24.4 Å². The van der Waals surface area contributed by atoms with Crippen LogP contribution in [0.4, 0.5) is 15.7 Å². The van der Waals surface area contributed by atoms with Crippen LogP contribution in [0, 0.1) is 0 Å². The summed E-state index contributed by atoms with van der Waals surface area (Å²) in [6.45, 7) is 9.30. The van der Waals surface area contributed by atoms with E-state index in [0.29, 0.717) is 19.0 Å². The zero-order chi connectivity index (χ0) is 20.9. The summed E-state index contributed by atoms with van der Waals surface area (Å²) in [7, 11) is 0. The average Bonchev–Trinajstić information content (AvgIpc) is 3.12. The van der Waals surface area contributed by atoms with Crippen molar-refractivity contribution in [3.05, 3.63) is 35.0 Å². The van der Waals surface area contributed by atoms with Gasteiger partial charge < -0.3 is 15.0 Å². The number of rotatable bonds is 6. The van der Waals surface area contributed by atoms with Crippen molar-refractivity contribution in [1.29, 1.82) is 0 Å². The second kappa shape index (κ2) is 9.57. The van der Waals surface area contributed by atoms with Crippen LogP contribution in [0.2, 0.25) is 0 Å². The van der Waals surface area contributed by atoms with Crippen molar-refractivity contribution < 1.29 is 9.53 Å². The summed E-state index contributed by atoms with van der Waals surface area (Å²) < 4.78 is 5.49. The molecule has 158 valence electrons. The molecule has 7 heteroatoms. The van der Waals surface area contributed by atoms with Gasteiger partial charge in [-0.05, 0) is 58.6 Å². The van der Waals surface area contributed by atoms with Crippen LogP contribution in [-0.4, -0.2) is 39.7 Å². The van der Waals surface area contributed by atoms with E-state index >= 15 is 0 Å². The number of hydrogen-bond donors (Lipinski definition) is 1. The van der Waals surface area contributed by atoms with Gasteiger partial charge in [-0.2, -0.15) is 0 Å². The molecule has 3 rings (SSSR count). The summed E-state index contributed by atoms with van der Waals surface area (Å²) in [5.74, 6) is 1.18. The summed E-state index contributed by atoms with van der Waals surface area (Å²) in [5.41, 5.74) is 0.614. The molecular formula is C22H32N4O2S. The van der Waals surface area contributed by atoms with Gasteiger partial charge in [-0.25, -0.2) is 14.8 Å². The lowest BCUT2D eigenvalue weighted by Gasteiger charge is -2.33. The minimum atomic E-state index is -0.457. The Morgan fingerprint density at radius 2 is 2.07 bits per heavy atom. The number of nitrogens with zero attached hydrogens (tertiary/aromatic N) is 3. The van der Waals surface area contributed by atoms with Gasteiger partial charge in [0.25, 0.3) is 0 Å². The van der Waals surface area contributed by atoms with E-state index in [0.717, 1.165) is 35.9 Å². The summed E-state index contributed by atoms with van der Waals surface area (Å²) in [5, 5.41) is 4.23. The molecule has 2 aromatic heterocycles. The van der Waals surface area contributed by atoms with Crippen molar-refractivity contribution in [2.75, 3.05) is 18.4 Å². The van der Waals surface area contributed by atoms with Crippen LogP contribution in [-0.2, 0) is 11.2 Å². The molecule has 0 radical (unpaired) electrons. The molecule has 3 heterocycles. The van der Waals surface area contributed by atoms with Crippen LogP contribution in [0.5, 0.6) is 0 Å². The molecule has 0 aromatic carbocycles. The van der Waals surface area contributed by atoms with E-state index in [4.69, 9.17) is 9.72 Å². The molecule has 1 amide bonds. The van der Waals surface area contributed by atoms with Gasteiger partial charge in [0, 0.05) is 35.8 Å². The molecule has 0 spiro atoms. The Bertz CT molecular complexity index is 807. The van der Waals surface area contributed by atoms with Crippen LogP contribution < -0.4 is 5.32 Å². The zero-order valence-electron chi connectivity index (χ0n) is 17.9. The first kappa shape index (κ1) is 21.6. The lowest BCUT2D eigenvalue weighted by Crippen LogP contribution is -2.41. The molecule has 0 atom stereocenters. The highest BCUT2D eigenvalue weighted by atomic mass is 32.1. The van der Waals surface area contributed by atoms with E-state index in [2.05, 4.69) is 23.3 Å². The SMILES string of the molecule is CCCCc1cnc(Nc2cccc(C3CCN(C(=O)OC(C)(C)C)CC3)n2)s1. The van der Waals surface area contributed by atoms with Crippen molar-refractivity contribution in [2.45, 2.75) is 71.3 Å². The van der Waals surface area contributed by atoms with E-state index in [-0.39, 0.29) is 6.09 Å². The molecule has 1 aliphatic rings. The van der Waals surface area contributed by atoms with E-state index in [1.807, 2.05) is 39.1 Å². The predicted molar refractivity (Wildman–Crippen MR) is 118 cm³/mol. The largest absolute Gasteiger partial charge is 0.444 e. The number of aryl methyl sites for hydroxylation is 1. The second-order valence-electron chi connectivity index (χ2n) is 8.55. The molecular weight excluding hydrogens is 384 g/mol. The first-order chi connectivity index (χ1) is 13.8. The Labute approximate surface area is 177 Å². The zero-order valence-corrected chi connectivity index (χ0v) is 18.7. The summed E-state index contributed by atoms with van der Waals surface area (Å²) >= 11 is 1.70. The number of unbranched alkanes of at least 4 members (excludes halogenated alkanes) is 1. The van der Waals surface area contributed by atoms with Gasteiger partial charge in [0.05, 0.1) is 0 Å². The Kier molecular flexibility index (Phi) is 7.11. The number of amides is 1. The Morgan fingerprint density at radius 1 is 1.31 bits per heavy atom. The van der Waals surface area contributed by atoms with Gasteiger partial charge in [0.1, 0.15) is 11.4 Å². The standard InChI is InChI=1S/C22H32N4O2S/c1-5-6-8-17-15-23-20(29-17)25-19-10-7-9-18(24-19)16-11-13-26(14-12-16)21(27)28-22(2,3)4/h7,9-10,15-16H,5-6,8,11-14H2,1-4H3,(H,23,24,25). The number of nitrogens with one attached hydrogen (secondary N) is 1. The molecule has 1 fully saturated rings. The monoisotopic (exact) mass is 416 g/mol. The van der Waals surface area contributed by atoms with Crippen molar-refractivity contribution in [3.8, 4) is 0 Å². The minimum Gasteiger partial charge on any atom is -0.444 e. The maximum Gasteiger partial charge on any atom is 0.410 e. The van der Waals surface area contributed by atoms with Crippen molar-refractivity contribution in [3.63, 3.8) is 0 Å². The molecule has 0 aliphatic carbocycles. The summed E-state index contributed by atoms with van der Waals surface area (Å²) in [6, 6.07) is 6.09. The molecule has 29 heavy (non-hydrogen) atoms. The number of likely N-dealkylation sites (tertiary alicyclic amines) is 1. The van der Waals surface area contributed by atoms with Crippen LogP contribution in [0.3, 0.4) is 0 Å². The van der Waals surface area contributed by atoms with Gasteiger partial charge >= 0.3 is 6.09 Å². The fourth-order valence-corrected chi connectivity index (χ4v) is 4.24. The topological polar surface area (TPSA) is 67.4 Å². The number of anilines is 2. The molecule has 0 bridgehead atoms. The molecule has 6 nitrogen and oxygen atoms in total. The van der Waals surface area contributed by atoms with Crippen molar-refractivity contribution in [2.24, 2.45) is 0 Å². The fraction of sp³-hybridized carbons (Fsp3) is 0.591. The smallest absolute Gasteiger partial charge is 0.410 e. The molecule has 1 saturated heterocycles. The van der Waals surface area contributed by atoms with Crippen LogP contribution in [0.25, 0.3) is 0 Å². The number of carbonyl (C=O) groups excluding carboxylic acids is 1. The molecule has 2 aromatic rings. The Hall–Kier alpha value is -2.15. The van der Waals surface area contributed by atoms with Crippen LogP contribution in [0.1, 0.15) is 69.9 Å². The Balaban J connectivity index is 1.56. The number of hydrogen-bond acceptors (Lipinski definition) is 6. The number of pyridine rings is 1. The van der Waals surface area contributed by atoms with E-state index in [1.54, 1.807) is 16.2 Å². The third kappa shape index (κ3) is 6.42. The first-order valence-electron chi connectivity index (χ1n) is 10.5. The fourth-order valence-electron chi connectivity index (χ4n) is 3.37. The number of thiazole rings is 1.